The summed E-state index contributed by atoms with van der Waals surface area (Å²) in [6, 6.07) is 11.0. The van der Waals surface area contributed by atoms with Crippen LogP contribution in [-0.4, -0.2) is 24.3 Å². The average molecular weight is 376 g/mol. The number of carbonyl (C=O) groups is 3. The Bertz CT molecular complexity index is 828. The van der Waals surface area contributed by atoms with Gasteiger partial charge >= 0.3 is 5.97 Å². The molecule has 0 aliphatic heterocycles. The monoisotopic (exact) mass is 376 g/mol. The topological polar surface area (TPSA) is 98.5 Å². The molecule has 0 heterocycles. The van der Waals surface area contributed by atoms with Gasteiger partial charge in [-0.05, 0) is 18.6 Å². The maximum absolute atomic E-state index is 13.5. The van der Waals surface area contributed by atoms with Gasteiger partial charge in [0.15, 0.2) is 0 Å². The molecule has 0 saturated carbocycles. The molecule has 2 aromatic rings. The molecule has 1 atom stereocenters. The number of rotatable bonds is 8. The van der Waals surface area contributed by atoms with Crippen LogP contribution in [0.15, 0.2) is 48.5 Å². The molecule has 0 aliphatic carbocycles. The number of nitrogens with two attached hydrogens (primary N) is 1. The van der Waals surface area contributed by atoms with E-state index in [1.807, 2.05) is 0 Å². The van der Waals surface area contributed by atoms with Crippen molar-refractivity contribution in [2.45, 2.75) is 18.9 Å². The number of amides is 2. The summed E-state index contributed by atoms with van der Waals surface area (Å²) in [6.07, 6.45) is -1.07. The Morgan fingerprint density at radius 2 is 1.78 bits per heavy atom. The van der Waals surface area contributed by atoms with E-state index in [1.165, 1.54) is 0 Å². The third-order valence-electron chi connectivity index (χ3n) is 3.63. The number of esters is 1. The van der Waals surface area contributed by atoms with Gasteiger partial charge < -0.3 is 15.8 Å². The van der Waals surface area contributed by atoms with E-state index in [2.05, 4.69) is 5.32 Å². The van der Waals surface area contributed by atoms with Gasteiger partial charge in [-0.3, -0.25) is 14.4 Å². The van der Waals surface area contributed by atoms with E-state index in [1.54, 1.807) is 30.3 Å². The first-order chi connectivity index (χ1) is 12.9. The van der Waals surface area contributed by atoms with Crippen LogP contribution in [0.1, 0.15) is 34.9 Å². The first kappa shape index (κ1) is 20.0. The normalized spacial score (nSPS) is 11.5. The van der Waals surface area contributed by atoms with Gasteiger partial charge in [-0.1, -0.05) is 30.3 Å². The number of hydrogen-bond donors (Lipinski definition) is 2. The second-order valence-electron chi connectivity index (χ2n) is 5.67. The number of halogens is 2. The second kappa shape index (κ2) is 9.42. The first-order valence-corrected chi connectivity index (χ1v) is 8.15. The Morgan fingerprint density at radius 3 is 2.41 bits per heavy atom. The third-order valence-corrected chi connectivity index (χ3v) is 3.63. The number of nitrogens with one attached hydrogen (secondary N) is 1. The number of benzene rings is 2. The number of ether oxygens (including phenoxy) is 1. The molecule has 0 aromatic heterocycles. The highest BCUT2D eigenvalue weighted by molar-refractivity contribution is 5.94. The molecule has 2 aromatic carbocycles. The maximum Gasteiger partial charge on any atom is 0.306 e. The summed E-state index contributed by atoms with van der Waals surface area (Å²) in [5, 5.41) is 2.42. The Balaban J connectivity index is 1.80. The highest BCUT2D eigenvalue weighted by Crippen LogP contribution is 2.17. The lowest BCUT2D eigenvalue weighted by atomic mass is 10.1. The van der Waals surface area contributed by atoms with Crippen LogP contribution in [0.3, 0.4) is 0 Å². The largest absolute Gasteiger partial charge is 0.447 e. The van der Waals surface area contributed by atoms with Gasteiger partial charge in [-0.15, -0.1) is 0 Å². The molecule has 0 aliphatic rings. The average Bonchev–Trinajstić information content (AvgIpc) is 2.63. The van der Waals surface area contributed by atoms with Crippen LogP contribution >= 0.6 is 0 Å². The molecule has 2 rings (SSSR count). The Labute approximate surface area is 154 Å². The molecule has 27 heavy (non-hydrogen) atoms. The minimum atomic E-state index is -1.19. The van der Waals surface area contributed by atoms with Crippen molar-refractivity contribution in [3.63, 3.8) is 0 Å². The fourth-order valence-corrected chi connectivity index (χ4v) is 2.31. The smallest absolute Gasteiger partial charge is 0.306 e. The highest BCUT2D eigenvalue weighted by atomic mass is 19.1. The van der Waals surface area contributed by atoms with Crippen LogP contribution in [0.2, 0.25) is 0 Å². The Kier molecular flexibility index (Phi) is 6.99. The van der Waals surface area contributed by atoms with Crippen LogP contribution in [0, 0.1) is 11.6 Å². The predicted molar refractivity (Wildman–Crippen MR) is 92.4 cm³/mol. The van der Waals surface area contributed by atoms with Gasteiger partial charge in [0.2, 0.25) is 6.10 Å². The van der Waals surface area contributed by atoms with Crippen molar-refractivity contribution in [3.05, 3.63) is 71.3 Å². The van der Waals surface area contributed by atoms with Gasteiger partial charge in [-0.25, -0.2) is 8.78 Å². The molecule has 0 bridgehead atoms. The molecular weight excluding hydrogens is 358 g/mol. The first-order valence-electron chi connectivity index (χ1n) is 8.15. The van der Waals surface area contributed by atoms with E-state index in [-0.39, 0.29) is 24.9 Å². The molecule has 0 spiro atoms. The van der Waals surface area contributed by atoms with Crippen molar-refractivity contribution in [2.75, 3.05) is 6.54 Å². The van der Waals surface area contributed by atoms with Gasteiger partial charge in [0.05, 0.1) is 5.56 Å². The molecule has 8 heteroatoms. The molecule has 0 saturated heterocycles. The van der Waals surface area contributed by atoms with E-state index in [9.17, 15) is 23.2 Å². The van der Waals surface area contributed by atoms with Gasteiger partial charge in [0, 0.05) is 24.6 Å². The summed E-state index contributed by atoms with van der Waals surface area (Å²) in [4.78, 5) is 35.2. The SMILES string of the molecule is NC(=O)[C@@H](OC(=O)CCCNC(=O)c1ccc(F)cc1F)c1ccccc1. The second-order valence-corrected chi connectivity index (χ2v) is 5.67. The summed E-state index contributed by atoms with van der Waals surface area (Å²) in [5.74, 6) is -3.94. The van der Waals surface area contributed by atoms with Crippen molar-refractivity contribution >= 4 is 17.8 Å². The lowest BCUT2D eigenvalue weighted by Crippen LogP contribution is -2.28. The zero-order valence-corrected chi connectivity index (χ0v) is 14.3. The van der Waals surface area contributed by atoms with Gasteiger partial charge in [0.1, 0.15) is 11.6 Å². The predicted octanol–water partition coefficient (Wildman–Crippen LogP) is 2.24. The lowest BCUT2D eigenvalue weighted by molar-refractivity contribution is -0.155. The number of primary amides is 1. The van der Waals surface area contributed by atoms with Crippen molar-refractivity contribution in [2.24, 2.45) is 5.73 Å². The van der Waals surface area contributed by atoms with Crippen LogP contribution in [0.4, 0.5) is 8.78 Å². The van der Waals surface area contributed by atoms with Crippen LogP contribution < -0.4 is 11.1 Å². The Hall–Kier alpha value is -3.29. The minimum Gasteiger partial charge on any atom is -0.447 e. The molecule has 6 nitrogen and oxygen atoms in total. The quantitative estimate of drug-likeness (QED) is 0.545. The van der Waals surface area contributed by atoms with Crippen LogP contribution in [-0.2, 0) is 14.3 Å². The summed E-state index contributed by atoms with van der Waals surface area (Å²) >= 11 is 0. The fourth-order valence-electron chi connectivity index (χ4n) is 2.31. The van der Waals surface area contributed by atoms with E-state index in [4.69, 9.17) is 10.5 Å². The summed E-state index contributed by atoms with van der Waals surface area (Å²) in [6.45, 7) is 0.0668. The molecule has 0 unspecified atom stereocenters. The minimum absolute atomic E-state index is 0.0668. The molecule has 3 N–H and O–H groups in total. The van der Waals surface area contributed by atoms with Gasteiger partial charge in [0.25, 0.3) is 11.8 Å². The zero-order valence-electron chi connectivity index (χ0n) is 14.3. The fraction of sp³-hybridized carbons (Fsp3) is 0.211. The zero-order chi connectivity index (χ0) is 19.8. The molecule has 2 amide bonds. The molecule has 142 valence electrons. The molecular formula is C19H18F2N2O4. The van der Waals surface area contributed by atoms with Crippen molar-refractivity contribution in [1.29, 1.82) is 0 Å². The molecule has 0 radical (unpaired) electrons. The Morgan fingerprint density at radius 1 is 1.07 bits per heavy atom. The standard InChI is InChI=1S/C19H18F2N2O4/c20-13-8-9-14(15(21)11-13)19(26)23-10-4-7-16(24)27-17(18(22)25)12-5-2-1-3-6-12/h1-3,5-6,8-9,11,17H,4,7,10H2,(H2,22,25)(H,23,26)/t17-/m0/s1. The highest BCUT2D eigenvalue weighted by Gasteiger charge is 2.22. The van der Waals surface area contributed by atoms with E-state index >= 15 is 0 Å². The lowest BCUT2D eigenvalue weighted by Gasteiger charge is -2.15. The third kappa shape index (κ3) is 5.88. The number of carbonyl (C=O) groups excluding carboxylic acids is 3. The van der Waals surface area contributed by atoms with Crippen molar-refractivity contribution < 1.29 is 27.9 Å². The summed E-state index contributed by atoms with van der Waals surface area (Å²) in [5.41, 5.74) is 5.43. The molecule has 0 fully saturated rings. The van der Waals surface area contributed by atoms with Crippen LogP contribution in [0.25, 0.3) is 0 Å². The number of hydrogen-bond acceptors (Lipinski definition) is 4. The van der Waals surface area contributed by atoms with Gasteiger partial charge in [-0.2, -0.15) is 0 Å². The van der Waals surface area contributed by atoms with Crippen molar-refractivity contribution in [1.82, 2.24) is 5.32 Å². The van der Waals surface area contributed by atoms with Crippen molar-refractivity contribution in [3.8, 4) is 0 Å². The van der Waals surface area contributed by atoms with E-state index in [0.29, 0.717) is 11.6 Å². The maximum atomic E-state index is 13.5. The summed E-state index contributed by atoms with van der Waals surface area (Å²) in [7, 11) is 0. The van der Waals surface area contributed by atoms with E-state index < -0.39 is 35.5 Å². The van der Waals surface area contributed by atoms with Crippen LogP contribution in [0.5, 0.6) is 0 Å². The summed E-state index contributed by atoms with van der Waals surface area (Å²) < 4.78 is 31.4. The van der Waals surface area contributed by atoms with E-state index in [0.717, 1.165) is 12.1 Å².